The van der Waals surface area contributed by atoms with Crippen LogP contribution in [-0.4, -0.2) is 67.3 Å². The van der Waals surface area contributed by atoms with E-state index in [4.69, 9.17) is 5.73 Å². The minimum absolute atomic E-state index is 0.0270. The Bertz CT molecular complexity index is 187. The maximum Gasteiger partial charge on any atom is 0.0601 e. The van der Waals surface area contributed by atoms with E-state index in [0.29, 0.717) is 0 Å². The average molecular weight is 215 g/mol. The van der Waals surface area contributed by atoms with E-state index in [1.165, 1.54) is 19.5 Å². The summed E-state index contributed by atoms with van der Waals surface area (Å²) >= 11 is 0. The molecule has 0 aromatic carbocycles. The van der Waals surface area contributed by atoms with Gasteiger partial charge in [-0.15, -0.1) is 0 Å². The predicted molar refractivity (Wildman–Crippen MR) is 62.8 cm³/mol. The molecule has 90 valence electrons. The van der Waals surface area contributed by atoms with Crippen molar-refractivity contribution in [1.29, 1.82) is 0 Å². The topological polar surface area (TPSA) is 52.7 Å². The lowest BCUT2D eigenvalue weighted by atomic mass is 10.1. The zero-order chi connectivity index (χ0) is 11.4. The van der Waals surface area contributed by atoms with Crippen LogP contribution in [0.1, 0.15) is 13.3 Å². The summed E-state index contributed by atoms with van der Waals surface area (Å²) in [6, 6.07) is 0.120. The molecule has 3 atom stereocenters. The van der Waals surface area contributed by atoms with Crippen LogP contribution in [0.5, 0.6) is 0 Å². The second-order valence-corrected chi connectivity index (χ2v) is 4.97. The average Bonchev–Trinajstić information content (AvgIpc) is 2.51. The van der Waals surface area contributed by atoms with E-state index >= 15 is 0 Å². The lowest BCUT2D eigenvalue weighted by Crippen LogP contribution is -2.48. The molecule has 0 amide bonds. The molecule has 3 N–H and O–H groups in total. The van der Waals surface area contributed by atoms with Crippen molar-refractivity contribution in [2.24, 2.45) is 11.7 Å². The standard InChI is InChI=1S/C11H25N3O/c1-9(12)11(8-15)14(3)7-10-4-5-13(2)6-10/h9-11,15H,4-8,12H2,1-3H3. The number of nitrogens with zero attached hydrogens (tertiary/aromatic N) is 2. The monoisotopic (exact) mass is 215 g/mol. The van der Waals surface area contributed by atoms with Crippen molar-refractivity contribution in [3.8, 4) is 0 Å². The van der Waals surface area contributed by atoms with Crippen molar-refractivity contribution < 1.29 is 5.11 Å². The molecule has 0 spiro atoms. The van der Waals surface area contributed by atoms with Gasteiger partial charge in [-0.3, -0.25) is 4.90 Å². The number of rotatable bonds is 5. The third-order valence-corrected chi connectivity index (χ3v) is 3.40. The Balaban J connectivity index is 2.36. The number of aliphatic hydroxyl groups is 1. The molecular weight excluding hydrogens is 190 g/mol. The number of likely N-dealkylation sites (N-methyl/N-ethyl adjacent to an activating group) is 1. The van der Waals surface area contributed by atoms with Crippen molar-refractivity contribution in [2.45, 2.75) is 25.4 Å². The number of hydrogen-bond acceptors (Lipinski definition) is 4. The Labute approximate surface area is 93.0 Å². The first kappa shape index (κ1) is 12.9. The summed E-state index contributed by atoms with van der Waals surface area (Å²) in [4.78, 5) is 4.56. The van der Waals surface area contributed by atoms with Crippen LogP contribution in [0.15, 0.2) is 0 Å². The molecule has 0 aromatic rings. The fraction of sp³-hybridized carbons (Fsp3) is 1.00. The van der Waals surface area contributed by atoms with Crippen molar-refractivity contribution >= 4 is 0 Å². The van der Waals surface area contributed by atoms with Gasteiger partial charge in [0.05, 0.1) is 6.61 Å². The molecule has 1 rings (SSSR count). The molecule has 1 fully saturated rings. The van der Waals surface area contributed by atoms with E-state index in [1.54, 1.807) is 0 Å². The Kier molecular flexibility index (Phi) is 4.99. The largest absolute Gasteiger partial charge is 0.395 e. The lowest BCUT2D eigenvalue weighted by Gasteiger charge is -2.31. The first-order chi connectivity index (χ1) is 7.04. The number of likely N-dealkylation sites (tertiary alicyclic amines) is 1. The minimum atomic E-state index is 0.0270. The highest BCUT2D eigenvalue weighted by Gasteiger charge is 2.25. The molecule has 0 aromatic heterocycles. The molecule has 4 nitrogen and oxygen atoms in total. The number of aliphatic hydroxyl groups excluding tert-OH is 1. The molecule has 1 saturated heterocycles. The van der Waals surface area contributed by atoms with E-state index in [2.05, 4.69) is 23.9 Å². The van der Waals surface area contributed by atoms with Crippen LogP contribution in [0.2, 0.25) is 0 Å². The molecule has 15 heavy (non-hydrogen) atoms. The quantitative estimate of drug-likeness (QED) is 0.654. The molecule has 0 aliphatic carbocycles. The normalized spacial score (nSPS) is 27.2. The van der Waals surface area contributed by atoms with Gasteiger partial charge in [-0.2, -0.15) is 0 Å². The maximum absolute atomic E-state index is 9.26. The molecule has 1 heterocycles. The predicted octanol–water partition coefficient (Wildman–Crippen LogP) is -0.422. The Hall–Kier alpha value is -0.160. The Morgan fingerprint density at radius 1 is 1.60 bits per heavy atom. The highest BCUT2D eigenvalue weighted by Crippen LogP contribution is 2.16. The fourth-order valence-corrected chi connectivity index (χ4v) is 2.43. The van der Waals surface area contributed by atoms with E-state index in [-0.39, 0.29) is 18.7 Å². The van der Waals surface area contributed by atoms with E-state index < -0.39 is 0 Å². The van der Waals surface area contributed by atoms with Gasteiger partial charge in [0, 0.05) is 25.2 Å². The van der Waals surface area contributed by atoms with Crippen LogP contribution < -0.4 is 5.73 Å². The molecule has 0 radical (unpaired) electrons. The Morgan fingerprint density at radius 2 is 2.27 bits per heavy atom. The van der Waals surface area contributed by atoms with Crippen LogP contribution in [-0.2, 0) is 0 Å². The second kappa shape index (κ2) is 5.80. The summed E-state index contributed by atoms with van der Waals surface area (Å²) in [6.07, 6.45) is 1.26. The highest BCUT2D eigenvalue weighted by atomic mass is 16.3. The maximum atomic E-state index is 9.26. The van der Waals surface area contributed by atoms with Crippen molar-refractivity contribution in [3.05, 3.63) is 0 Å². The summed E-state index contributed by atoms with van der Waals surface area (Å²) in [5.41, 5.74) is 5.84. The van der Waals surface area contributed by atoms with E-state index in [1.807, 2.05) is 6.92 Å². The molecule has 3 unspecified atom stereocenters. The van der Waals surface area contributed by atoms with Gasteiger partial charge >= 0.3 is 0 Å². The highest BCUT2D eigenvalue weighted by molar-refractivity contribution is 4.81. The van der Waals surface area contributed by atoms with Gasteiger partial charge in [-0.1, -0.05) is 0 Å². The summed E-state index contributed by atoms with van der Waals surface area (Å²) in [6.45, 7) is 5.51. The van der Waals surface area contributed by atoms with Gasteiger partial charge in [0.2, 0.25) is 0 Å². The number of hydrogen-bond donors (Lipinski definition) is 2. The minimum Gasteiger partial charge on any atom is -0.395 e. The first-order valence-corrected chi connectivity index (χ1v) is 5.79. The van der Waals surface area contributed by atoms with Crippen LogP contribution in [0.25, 0.3) is 0 Å². The fourth-order valence-electron chi connectivity index (χ4n) is 2.43. The smallest absolute Gasteiger partial charge is 0.0601 e. The van der Waals surface area contributed by atoms with E-state index in [0.717, 1.165) is 12.5 Å². The lowest BCUT2D eigenvalue weighted by molar-refractivity contribution is 0.117. The molecule has 0 bridgehead atoms. The summed E-state index contributed by atoms with van der Waals surface area (Å²) in [5, 5.41) is 9.26. The molecular formula is C11H25N3O. The molecule has 1 aliphatic heterocycles. The second-order valence-electron chi connectivity index (χ2n) is 4.97. The SMILES string of the molecule is CC(N)C(CO)N(C)CC1CCN(C)C1. The van der Waals surface area contributed by atoms with Crippen LogP contribution in [0.3, 0.4) is 0 Å². The molecule has 0 saturated carbocycles. The first-order valence-electron chi connectivity index (χ1n) is 5.79. The van der Waals surface area contributed by atoms with Gasteiger partial charge in [-0.25, -0.2) is 0 Å². The van der Waals surface area contributed by atoms with Gasteiger partial charge in [0.1, 0.15) is 0 Å². The summed E-state index contributed by atoms with van der Waals surface area (Å²) in [7, 11) is 4.22. The summed E-state index contributed by atoms with van der Waals surface area (Å²) < 4.78 is 0. The van der Waals surface area contributed by atoms with Crippen molar-refractivity contribution in [3.63, 3.8) is 0 Å². The zero-order valence-electron chi connectivity index (χ0n) is 10.2. The van der Waals surface area contributed by atoms with Crippen LogP contribution in [0, 0.1) is 5.92 Å². The van der Waals surface area contributed by atoms with Gasteiger partial charge in [0.25, 0.3) is 0 Å². The van der Waals surface area contributed by atoms with Crippen molar-refractivity contribution in [1.82, 2.24) is 9.80 Å². The summed E-state index contributed by atoms with van der Waals surface area (Å²) in [5.74, 6) is 0.729. The zero-order valence-corrected chi connectivity index (χ0v) is 10.2. The third-order valence-electron chi connectivity index (χ3n) is 3.40. The molecule has 4 heteroatoms. The van der Waals surface area contributed by atoms with Crippen molar-refractivity contribution in [2.75, 3.05) is 40.3 Å². The van der Waals surface area contributed by atoms with Gasteiger partial charge in [0.15, 0.2) is 0 Å². The number of nitrogens with two attached hydrogens (primary N) is 1. The van der Waals surface area contributed by atoms with Crippen LogP contribution >= 0.6 is 0 Å². The van der Waals surface area contributed by atoms with Crippen LogP contribution in [0.4, 0.5) is 0 Å². The van der Waals surface area contributed by atoms with Gasteiger partial charge in [-0.05, 0) is 39.9 Å². The Morgan fingerprint density at radius 3 is 2.67 bits per heavy atom. The van der Waals surface area contributed by atoms with E-state index in [9.17, 15) is 5.11 Å². The third kappa shape index (κ3) is 3.72. The molecule has 1 aliphatic rings. The van der Waals surface area contributed by atoms with Gasteiger partial charge < -0.3 is 15.7 Å².